The van der Waals surface area contributed by atoms with Crippen molar-refractivity contribution in [1.82, 2.24) is 0 Å². The molecule has 0 aliphatic heterocycles. The summed E-state index contributed by atoms with van der Waals surface area (Å²) in [7, 11) is 1.84. The van der Waals surface area contributed by atoms with Gasteiger partial charge in [-0.25, -0.2) is 0 Å². The molecule has 2 nitrogen and oxygen atoms in total. The molecule has 0 aliphatic rings. The van der Waals surface area contributed by atoms with Crippen molar-refractivity contribution in [3.63, 3.8) is 0 Å². The molecule has 104 valence electrons. The molecule has 0 atom stereocenters. The van der Waals surface area contributed by atoms with Gasteiger partial charge in [0.2, 0.25) is 5.91 Å². The van der Waals surface area contributed by atoms with E-state index in [1.54, 1.807) is 4.90 Å². The van der Waals surface area contributed by atoms with Gasteiger partial charge in [0.25, 0.3) is 0 Å². The molecular formula is C18H21NO. The summed E-state index contributed by atoms with van der Waals surface area (Å²) < 4.78 is 0. The summed E-state index contributed by atoms with van der Waals surface area (Å²) in [5.41, 5.74) is 1.69. The van der Waals surface area contributed by atoms with Gasteiger partial charge in [-0.15, -0.1) is 0 Å². The van der Waals surface area contributed by atoms with Gasteiger partial charge in [-0.1, -0.05) is 62.4 Å². The lowest BCUT2D eigenvalue weighted by Crippen LogP contribution is -2.39. The third-order valence-corrected chi connectivity index (χ3v) is 3.52. The topological polar surface area (TPSA) is 20.3 Å². The Morgan fingerprint density at radius 3 is 2.00 bits per heavy atom. The molecule has 0 heterocycles. The van der Waals surface area contributed by atoms with Crippen LogP contribution in [0.25, 0.3) is 0 Å². The Morgan fingerprint density at radius 2 is 1.45 bits per heavy atom. The Kier molecular flexibility index (Phi) is 4.23. The Labute approximate surface area is 121 Å². The van der Waals surface area contributed by atoms with Crippen molar-refractivity contribution >= 4 is 11.6 Å². The van der Waals surface area contributed by atoms with Crippen molar-refractivity contribution in [2.45, 2.75) is 20.3 Å². The summed E-state index contributed by atoms with van der Waals surface area (Å²) in [4.78, 5) is 14.4. The van der Waals surface area contributed by atoms with Crippen LogP contribution in [0.15, 0.2) is 60.7 Å². The molecule has 0 radical (unpaired) electrons. The summed E-state index contributed by atoms with van der Waals surface area (Å²) in [6, 6.07) is 19.9. The lowest BCUT2D eigenvalue weighted by atomic mass is 9.84. The van der Waals surface area contributed by atoms with Crippen LogP contribution in [0.4, 0.5) is 5.69 Å². The number of hydrogen-bond acceptors (Lipinski definition) is 1. The summed E-state index contributed by atoms with van der Waals surface area (Å²) >= 11 is 0. The van der Waals surface area contributed by atoms with Crippen LogP contribution < -0.4 is 4.90 Å². The standard InChI is InChI=1S/C18H21NO/c1-18(2,14-15-10-6-4-7-11-15)17(20)19(3)16-12-8-5-9-13-16/h4-13H,14H2,1-3H3. The van der Waals surface area contributed by atoms with Crippen LogP contribution in [0.2, 0.25) is 0 Å². The average Bonchev–Trinajstić information content (AvgIpc) is 2.47. The van der Waals surface area contributed by atoms with E-state index in [4.69, 9.17) is 0 Å². The quantitative estimate of drug-likeness (QED) is 0.822. The second kappa shape index (κ2) is 5.91. The van der Waals surface area contributed by atoms with E-state index in [-0.39, 0.29) is 5.91 Å². The van der Waals surface area contributed by atoms with Gasteiger partial charge >= 0.3 is 0 Å². The first-order chi connectivity index (χ1) is 9.50. The van der Waals surface area contributed by atoms with Gasteiger partial charge in [-0.2, -0.15) is 0 Å². The maximum atomic E-state index is 12.7. The highest BCUT2D eigenvalue weighted by Gasteiger charge is 2.31. The molecule has 0 unspecified atom stereocenters. The summed E-state index contributed by atoms with van der Waals surface area (Å²) in [6.45, 7) is 4.00. The maximum Gasteiger partial charge on any atom is 0.232 e. The predicted octanol–water partition coefficient (Wildman–Crippen LogP) is 3.92. The van der Waals surface area contributed by atoms with Crippen molar-refractivity contribution in [2.24, 2.45) is 5.41 Å². The van der Waals surface area contributed by atoms with E-state index >= 15 is 0 Å². The van der Waals surface area contributed by atoms with Gasteiger partial charge < -0.3 is 4.90 Å². The van der Waals surface area contributed by atoms with E-state index in [0.29, 0.717) is 0 Å². The molecule has 0 N–H and O–H groups in total. The first-order valence-corrected chi connectivity index (χ1v) is 6.88. The predicted molar refractivity (Wildman–Crippen MR) is 83.8 cm³/mol. The Hall–Kier alpha value is -2.09. The molecule has 2 heteroatoms. The molecule has 0 aromatic heterocycles. The molecule has 0 bridgehead atoms. The molecule has 0 spiro atoms. The van der Waals surface area contributed by atoms with Crippen LogP contribution in [0.3, 0.4) is 0 Å². The van der Waals surface area contributed by atoms with Crippen molar-refractivity contribution in [3.8, 4) is 0 Å². The molecule has 1 amide bonds. The zero-order valence-electron chi connectivity index (χ0n) is 12.3. The summed E-state index contributed by atoms with van der Waals surface area (Å²) in [5, 5.41) is 0. The van der Waals surface area contributed by atoms with Crippen molar-refractivity contribution in [3.05, 3.63) is 66.2 Å². The fourth-order valence-corrected chi connectivity index (χ4v) is 2.40. The fourth-order valence-electron chi connectivity index (χ4n) is 2.40. The van der Waals surface area contributed by atoms with Gasteiger partial charge in [0.05, 0.1) is 0 Å². The van der Waals surface area contributed by atoms with Crippen LogP contribution in [0, 0.1) is 5.41 Å². The van der Waals surface area contributed by atoms with E-state index in [1.807, 2.05) is 69.4 Å². The largest absolute Gasteiger partial charge is 0.315 e. The molecule has 20 heavy (non-hydrogen) atoms. The van der Waals surface area contributed by atoms with Crippen LogP contribution in [0.1, 0.15) is 19.4 Å². The third kappa shape index (κ3) is 3.27. The van der Waals surface area contributed by atoms with Crippen molar-refractivity contribution in [2.75, 3.05) is 11.9 Å². The molecular weight excluding hydrogens is 246 g/mol. The Balaban J connectivity index is 2.15. The van der Waals surface area contributed by atoms with E-state index in [9.17, 15) is 4.79 Å². The first kappa shape index (κ1) is 14.3. The Morgan fingerprint density at radius 1 is 0.950 bits per heavy atom. The minimum Gasteiger partial charge on any atom is -0.315 e. The highest BCUT2D eigenvalue weighted by Crippen LogP contribution is 2.26. The molecule has 2 aromatic rings. The maximum absolute atomic E-state index is 12.7. The van der Waals surface area contributed by atoms with Crippen LogP contribution >= 0.6 is 0 Å². The number of benzene rings is 2. The lowest BCUT2D eigenvalue weighted by Gasteiger charge is -2.29. The average molecular weight is 267 g/mol. The number of hydrogen-bond donors (Lipinski definition) is 0. The smallest absolute Gasteiger partial charge is 0.232 e. The van der Waals surface area contributed by atoms with Gasteiger partial charge in [-0.05, 0) is 24.1 Å². The number of anilines is 1. The van der Waals surface area contributed by atoms with Crippen LogP contribution in [0.5, 0.6) is 0 Å². The normalized spacial score (nSPS) is 11.2. The monoisotopic (exact) mass is 267 g/mol. The van der Waals surface area contributed by atoms with Crippen LogP contribution in [-0.2, 0) is 11.2 Å². The summed E-state index contributed by atoms with van der Waals surface area (Å²) in [6.07, 6.45) is 0.740. The van der Waals surface area contributed by atoms with Crippen molar-refractivity contribution < 1.29 is 4.79 Å². The Bertz CT molecular complexity index is 560. The molecule has 0 aliphatic carbocycles. The third-order valence-electron chi connectivity index (χ3n) is 3.52. The molecule has 2 aromatic carbocycles. The lowest BCUT2D eigenvalue weighted by molar-refractivity contribution is -0.126. The van der Waals surface area contributed by atoms with Crippen molar-refractivity contribution in [1.29, 1.82) is 0 Å². The van der Waals surface area contributed by atoms with Gasteiger partial charge in [0, 0.05) is 18.2 Å². The fraction of sp³-hybridized carbons (Fsp3) is 0.278. The van der Waals surface area contributed by atoms with Gasteiger partial charge in [-0.3, -0.25) is 4.79 Å². The minimum absolute atomic E-state index is 0.132. The second-order valence-corrected chi connectivity index (χ2v) is 5.75. The zero-order chi connectivity index (χ0) is 14.6. The number of carbonyl (C=O) groups is 1. The van der Waals surface area contributed by atoms with E-state index in [0.717, 1.165) is 12.1 Å². The SMILES string of the molecule is CN(C(=O)C(C)(C)Cc1ccccc1)c1ccccc1. The van der Waals surface area contributed by atoms with E-state index in [1.165, 1.54) is 5.56 Å². The zero-order valence-corrected chi connectivity index (χ0v) is 12.3. The molecule has 2 rings (SSSR count). The molecule has 0 saturated carbocycles. The number of para-hydroxylation sites is 1. The second-order valence-electron chi connectivity index (χ2n) is 5.75. The molecule has 0 fully saturated rings. The minimum atomic E-state index is -0.425. The number of nitrogens with zero attached hydrogens (tertiary/aromatic N) is 1. The van der Waals surface area contributed by atoms with E-state index in [2.05, 4.69) is 12.1 Å². The number of rotatable bonds is 4. The van der Waals surface area contributed by atoms with Crippen LogP contribution in [-0.4, -0.2) is 13.0 Å². The highest BCUT2D eigenvalue weighted by molar-refractivity contribution is 5.96. The summed E-state index contributed by atoms with van der Waals surface area (Å²) in [5.74, 6) is 0.132. The number of amides is 1. The van der Waals surface area contributed by atoms with Gasteiger partial charge in [0.1, 0.15) is 0 Å². The van der Waals surface area contributed by atoms with Gasteiger partial charge in [0.15, 0.2) is 0 Å². The molecule has 0 saturated heterocycles. The highest BCUT2D eigenvalue weighted by atomic mass is 16.2. The first-order valence-electron chi connectivity index (χ1n) is 6.88. The van der Waals surface area contributed by atoms with E-state index < -0.39 is 5.41 Å². The number of carbonyl (C=O) groups excluding carboxylic acids is 1.